The summed E-state index contributed by atoms with van der Waals surface area (Å²) in [5.41, 5.74) is 3.70. The van der Waals surface area contributed by atoms with Gasteiger partial charge in [-0.25, -0.2) is 8.78 Å². The summed E-state index contributed by atoms with van der Waals surface area (Å²) in [6, 6.07) is 0.250. The van der Waals surface area contributed by atoms with E-state index in [0.29, 0.717) is 6.07 Å². The van der Waals surface area contributed by atoms with E-state index in [1.54, 1.807) is 0 Å². The van der Waals surface area contributed by atoms with Crippen LogP contribution in [0.1, 0.15) is 17.2 Å². The van der Waals surface area contributed by atoms with Crippen molar-refractivity contribution in [3.05, 3.63) is 33.8 Å². The second kappa shape index (κ2) is 5.10. The second-order valence-electron chi connectivity index (χ2n) is 3.63. The molecule has 1 aromatic carbocycles. The first-order chi connectivity index (χ1) is 8.09. The van der Waals surface area contributed by atoms with Gasteiger partial charge in [-0.2, -0.15) is 13.2 Å². The number of aliphatic hydroxyl groups excluding tert-OH is 1. The number of hydrogen-bond donors (Lipinski definition) is 2. The van der Waals surface area contributed by atoms with Gasteiger partial charge in [-0.3, -0.25) is 0 Å². The van der Waals surface area contributed by atoms with Gasteiger partial charge in [0, 0.05) is 4.47 Å². The molecule has 0 amide bonds. The first-order valence-electron chi connectivity index (χ1n) is 4.70. The standard InChI is InChI=1S/C10H9BrF5NO/c11-7-2-1-5(10(14,15)16)3-6(7)8(17)9(12,13)4-18/h1-3,8,18H,4,17H2/t8-/m0/s1. The number of aliphatic hydroxyl groups is 1. The van der Waals surface area contributed by atoms with Crippen LogP contribution in [-0.4, -0.2) is 17.6 Å². The van der Waals surface area contributed by atoms with Gasteiger partial charge >= 0.3 is 6.18 Å². The van der Waals surface area contributed by atoms with E-state index >= 15 is 0 Å². The molecule has 0 unspecified atom stereocenters. The first kappa shape index (κ1) is 15.3. The maximum Gasteiger partial charge on any atom is 0.416 e. The molecule has 0 spiro atoms. The second-order valence-corrected chi connectivity index (χ2v) is 4.49. The minimum absolute atomic E-state index is 0.0242. The molecule has 0 fully saturated rings. The smallest absolute Gasteiger partial charge is 0.390 e. The van der Waals surface area contributed by atoms with Crippen LogP contribution in [0.4, 0.5) is 22.0 Å². The minimum atomic E-state index is -4.65. The quantitative estimate of drug-likeness (QED) is 0.835. The van der Waals surface area contributed by atoms with Gasteiger partial charge in [0.25, 0.3) is 5.92 Å². The van der Waals surface area contributed by atoms with Crippen LogP contribution < -0.4 is 5.73 Å². The van der Waals surface area contributed by atoms with Gasteiger partial charge in [-0.15, -0.1) is 0 Å². The van der Waals surface area contributed by atoms with Crippen LogP contribution in [0.5, 0.6) is 0 Å². The van der Waals surface area contributed by atoms with Crippen LogP contribution in [0.15, 0.2) is 22.7 Å². The fourth-order valence-electron chi connectivity index (χ4n) is 1.28. The highest BCUT2D eigenvalue weighted by molar-refractivity contribution is 9.10. The zero-order chi connectivity index (χ0) is 14.1. The lowest BCUT2D eigenvalue weighted by molar-refractivity contribution is -0.137. The summed E-state index contributed by atoms with van der Waals surface area (Å²) in [4.78, 5) is 0. The summed E-state index contributed by atoms with van der Waals surface area (Å²) in [6.07, 6.45) is -4.65. The third-order valence-electron chi connectivity index (χ3n) is 2.32. The normalized spacial score (nSPS) is 14.7. The van der Waals surface area contributed by atoms with Crippen molar-refractivity contribution in [1.29, 1.82) is 0 Å². The van der Waals surface area contributed by atoms with Gasteiger partial charge in [0.15, 0.2) is 0 Å². The molecule has 3 N–H and O–H groups in total. The van der Waals surface area contributed by atoms with E-state index in [1.807, 2.05) is 0 Å². The first-order valence-corrected chi connectivity index (χ1v) is 5.50. The number of rotatable bonds is 3. The lowest BCUT2D eigenvalue weighted by Crippen LogP contribution is -2.36. The molecule has 0 aliphatic carbocycles. The minimum Gasteiger partial charge on any atom is -0.390 e. The van der Waals surface area contributed by atoms with E-state index in [9.17, 15) is 22.0 Å². The molecule has 18 heavy (non-hydrogen) atoms. The molecule has 0 radical (unpaired) electrons. The maximum absolute atomic E-state index is 13.2. The van der Waals surface area contributed by atoms with Gasteiger partial charge < -0.3 is 10.8 Å². The van der Waals surface area contributed by atoms with Crippen molar-refractivity contribution in [2.24, 2.45) is 5.73 Å². The predicted molar refractivity (Wildman–Crippen MR) is 58.1 cm³/mol. The van der Waals surface area contributed by atoms with Gasteiger partial charge in [-0.05, 0) is 23.8 Å². The van der Waals surface area contributed by atoms with Crippen molar-refractivity contribution < 1.29 is 27.1 Å². The number of hydrogen-bond acceptors (Lipinski definition) is 2. The molecule has 0 aliphatic heterocycles. The Morgan fingerprint density at radius 2 is 1.78 bits per heavy atom. The Hall–Kier alpha value is -0.730. The van der Waals surface area contributed by atoms with Crippen molar-refractivity contribution in [3.63, 3.8) is 0 Å². The summed E-state index contributed by atoms with van der Waals surface area (Å²) in [6.45, 7) is -1.54. The Bertz CT molecular complexity index is 435. The average molecular weight is 334 g/mol. The fraction of sp³-hybridized carbons (Fsp3) is 0.400. The Balaban J connectivity index is 3.24. The highest BCUT2D eigenvalue weighted by Gasteiger charge is 2.39. The van der Waals surface area contributed by atoms with E-state index < -0.39 is 35.9 Å². The van der Waals surface area contributed by atoms with Gasteiger partial charge in [-0.1, -0.05) is 15.9 Å². The van der Waals surface area contributed by atoms with Crippen molar-refractivity contribution in [3.8, 4) is 0 Å². The molecular weight excluding hydrogens is 325 g/mol. The third-order valence-corrected chi connectivity index (χ3v) is 3.05. The van der Waals surface area contributed by atoms with Crippen LogP contribution in [0.3, 0.4) is 0 Å². The molecule has 0 aromatic heterocycles. The average Bonchev–Trinajstić information content (AvgIpc) is 2.27. The Morgan fingerprint density at radius 3 is 2.22 bits per heavy atom. The van der Waals surface area contributed by atoms with Crippen molar-refractivity contribution in [2.75, 3.05) is 6.61 Å². The van der Waals surface area contributed by atoms with Crippen LogP contribution in [0, 0.1) is 0 Å². The zero-order valence-corrected chi connectivity index (χ0v) is 10.4. The zero-order valence-electron chi connectivity index (χ0n) is 8.81. The Morgan fingerprint density at radius 1 is 1.22 bits per heavy atom. The van der Waals surface area contributed by atoms with Crippen LogP contribution in [0.25, 0.3) is 0 Å². The molecule has 0 saturated heterocycles. The Labute approximate surface area is 108 Å². The SMILES string of the molecule is N[C@@H](c1cc(C(F)(F)F)ccc1Br)C(F)(F)CO. The molecule has 1 rings (SSSR count). The molecule has 102 valence electrons. The highest BCUT2D eigenvalue weighted by atomic mass is 79.9. The molecule has 8 heteroatoms. The third kappa shape index (κ3) is 3.18. The monoisotopic (exact) mass is 333 g/mol. The van der Waals surface area contributed by atoms with Crippen molar-refractivity contribution in [1.82, 2.24) is 0 Å². The van der Waals surface area contributed by atoms with E-state index in [1.165, 1.54) is 0 Å². The van der Waals surface area contributed by atoms with Gasteiger partial charge in [0.2, 0.25) is 0 Å². The van der Waals surface area contributed by atoms with Crippen LogP contribution in [0.2, 0.25) is 0 Å². The molecule has 1 atom stereocenters. The molecule has 2 nitrogen and oxygen atoms in total. The fourth-order valence-corrected chi connectivity index (χ4v) is 1.78. The van der Waals surface area contributed by atoms with Gasteiger partial charge in [0.05, 0.1) is 11.6 Å². The lowest BCUT2D eigenvalue weighted by atomic mass is 9.99. The van der Waals surface area contributed by atoms with Crippen LogP contribution >= 0.6 is 15.9 Å². The highest BCUT2D eigenvalue weighted by Crippen LogP contribution is 2.37. The lowest BCUT2D eigenvalue weighted by Gasteiger charge is -2.23. The number of halogens is 6. The van der Waals surface area contributed by atoms with E-state index in [4.69, 9.17) is 10.8 Å². The summed E-state index contributed by atoms with van der Waals surface area (Å²) in [5.74, 6) is -3.70. The molecule has 1 aromatic rings. The topological polar surface area (TPSA) is 46.2 Å². The molecule has 0 aliphatic rings. The summed E-state index contributed by atoms with van der Waals surface area (Å²) >= 11 is 2.86. The summed E-state index contributed by atoms with van der Waals surface area (Å²) in [7, 11) is 0. The van der Waals surface area contributed by atoms with E-state index in [0.717, 1.165) is 12.1 Å². The van der Waals surface area contributed by atoms with Crippen LogP contribution in [-0.2, 0) is 6.18 Å². The maximum atomic E-state index is 13.2. The molecular formula is C10H9BrF5NO. The molecule has 0 heterocycles. The molecule has 0 bridgehead atoms. The van der Waals surface area contributed by atoms with Crippen molar-refractivity contribution in [2.45, 2.75) is 18.1 Å². The number of benzene rings is 1. The summed E-state index contributed by atoms with van der Waals surface area (Å²) < 4.78 is 63.7. The van der Waals surface area contributed by atoms with E-state index in [-0.39, 0.29) is 4.47 Å². The largest absolute Gasteiger partial charge is 0.416 e. The van der Waals surface area contributed by atoms with Crippen molar-refractivity contribution >= 4 is 15.9 Å². The summed E-state index contributed by atoms with van der Waals surface area (Å²) in [5, 5.41) is 8.48. The van der Waals surface area contributed by atoms with E-state index in [2.05, 4.69) is 15.9 Å². The Kier molecular flexibility index (Phi) is 4.34. The molecule has 0 saturated carbocycles. The van der Waals surface area contributed by atoms with Gasteiger partial charge in [0.1, 0.15) is 6.61 Å². The number of nitrogens with two attached hydrogens (primary N) is 1. The number of alkyl halides is 5. The predicted octanol–water partition coefficient (Wildman–Crippen LogP) is 3.10.